The van der Waals surface area contributed by atoms with E-state index in [4.69, 9.17) is 10.5 Å². The Hall–Kier alpha value is -2.23. The fourth-order valence-electron chi connectivity index (χ4n) is 1.88. The summed E-state index contributed by atoms with van der Waals surface area (Å²) in [6, 6.07) is 10.3. The van der Waals surface area contributed by atoms with Gasteiger partial charge in [0.1, 0.15) is 11.6 Å². The van der Waals surface area contributed by atoms with E-state index in [9.17, 15) is 4.39 Å². The molecule has 0 saturated heterocycles. The molecule has 0 aromatic heterocycles. The molecule has 0 spiro atoms. The van der Waals surface area contributed by atoms with Crippen LogP contribution in [0.25, 0.3) is 0 Å². The molecule has 0 atom stereocenters. The highest BCUT2D eigenvalue weighted by molar-refractivity contribution is 5.68. The predicted molar refractivity (Wildman–Crippen MR) is 81.1 cm³/mol. The number of hydrogen-bond donors (Lipinski definition) is 2. The smallest absolute Gasteiger partial charge is 0.146 e. The molecule has 20 heavy (non-hydrogen) atoms. The Balaban J connectivity index is 2.25. The van der Waals surface area contributed by atoms with E-state index < -0.39 is 0 Å². The van der Waals surface area contributed by atoms with E-state index in [1.165, 1.54) is 6.07 Å². The van der Waals surface area contributed by atoms with Gasteiger partial charge in [0, 0.05) is 11.8 Å². The van der Waals surface area contributed by atoms with Gasteiger partial charge in [0.05, 0.1) is 18.0 Å². The second kappa shape index (κ2) is 6.28. The summed E-state index contributed by atoms with van der Waals surface area (Å²) in [5.41, 5.74) is 8.50. The zero-order chi connectivity index (χ0) is 14.5. The molecule has 0 amide bonds. The minimum atomic E-state index is -0.280. The van der Waals surface area contributed by atoms with Crippen LogP contribution in [0.15, 0.2) is 36.4 Å². The Kier molecular flexibility index (Phi) is 4.45. The van der Waals surface area contributed by atoms with Crippen molar-refractivity contribution in [2.75, 3.05) is 17.7 Å². The molecule has 0 radical (unpaired) electrons. The number of hydrogen-bond acceptors (Lipinski definition) is 3. The van der Waals surface area contributed by atoms with E-state index in [-0.39, 0.29) is 5.82 Å². The van der Waals surface area contributed by atoms with Gasteiger partial charge in [-0.3, -0.25) is 0 Å². The van der Waals surface area contributed by atoms with Crippen molar-refractivity contribution < 1.29 is 9.13 Å². The van der Waals surface area contributed by atoms with Crippen LogP contribution in [-0.2, 0) is 0 Å². The minimum absolute atomic E-state index is 0.280. The molecule has 3 N–H and O–H groups in total. The van der Waals surface area contributed by atoms with E-state index in [1.54, 1.807) is 24.3 Å². The van der Waals surface area contributed by atoms with E-state index >= 15 is 0 Å². The maximum Gasteiger partial charge on any atom is 0.146 e. The summed E-state index contributed by atoms with van der Waals surface area (Å²) < 4.78 is 19.4. The molecule has 0 heterocycles. The van der Waals surface area contributed by atoms with Crippen molar-refractivity contribution in [3.63, 3.8) is 0 Å². The monoisotopic (exact) mass is 274 g/mol. The highest BCUT2D eigenvalue weighted by atomic mass is 19.1. The minimum Gasteiger partial charge on any atom is -0.491 e. The largest absolute Gasteiger partial charge is 0.491 e. The summed E-state index contributed by atoms with van der Waals surface area (Å²) in [4.78, 5) is 0. The SMILES string of the molecule is CCCOc1cc(Nc2c(C)cccc2F)ccc1N. The Morgan fingerprint density at radius 3 is 2.75 bits per heavy atom. The van der Waals surface area contributed by atoms with Gasteiger partial charge in [0.15, 0.2) is 0 Å². The number of nitrogens with one attached hydrogen (secondary N) is 1. The fraction of sp³-hybridized carbons (Fsp3) is 0.250. The lowest BCUT2D eigenvalue weighted by Crippen LogP contribution is -2.01. The third-order valence-corrected chi connectivity index (χ3v) is 2.97. The van der Waals surface area contributed by atoms with Gasteiger partial charge in [-0.05, 0) is 37.1 Å². The number of nitrogen functional groups attached to an aromatic ring is 1. The molecule has 0 unspecified atom stereocenters. The molecule has 0 aliphatic rings. The van der Waals surface area contributed by atoms with Crippen molar-refractivity contribution in [3.05, 3.63) is 47.8 Å². The number of halogens is 1. The number of para-hydroxylation sites is 1. The molecule has 3 nitrogen and oxygen atoms in total. The van der Waals surface area contributed by atoms with Crippen molar-refractivity contribution in [1.82, 2.24) is 0 Å². The van der Waals surface area contributed by atoms with Crippen molar-refractivity contribution in [3.8, 4) is 5.75 Å². The Morgan fingerprint density at radius 2 is 2.05 bits per heavy atom. The summed E-state index contributed by atoms with van der Waals surface area (Å²) in [6.07, 6.45) is 0.906. The summed E-state index contributed by atoms with van der Waals surface area (Å²) in [5.74, 6) is 0.337. The highest BCUT2D eigenvalue weighted by Crippen LogP contribution is 2.29. The van der Waals surface area contributed by atoms with Crippen LogP contribution >= 0.6 is 0 Å². The van der Waals surface area contributed by atoms with Gasteiger partial charge >= 0.3 is 0 Å². The van der Waals surface area contributed by atoms with E-state index in [0.717, 1.165) is 17.7 Å². The number of nitrogens with two attached hydrogens (primary N) is 1. The van der Waals surface area contributed by atoms with Crippen LogP contribution in [0, 0.1) is 12.7 Å². The number of rotatable bonds is 5. The normalized spacial score (nSPS) is 10.3. The van der Waals surface area contributed by atoms with Crippen molar-refractivity contribution in [1.29, 1.82) is 0 Å². The Labute approximate surface area is 118 Å². The lowest BCUT2D eigenvalue weighted by atomic mass is 10.1. The van der Waals surface area contributed by atoms with Crippen LogP contribution in [-0.4, -0.2) is 6.61 Å². The van der Waals surface area contributed by atoms with Gasteiger partial charge in [-0.2, -0.15) is 0 Å². The fourth-order valence-corrected chi connectivity index (χ4v) is 1.88. The number of benzene rings is 2. The molecule has 0 fully saturated rings. The van der Waals surface area contributed by atoms with E-state index in [1.807, 2.05) is 19.9 Å². The van der Waals surface area contributed by atoms with Crippen LogP contribution in [0.1, 0.15) is 18.9 Å². The Morgan fingerprint density at radius 1 is 1.25 bits per heavy atom. The molecule has 0 bridgehead atoms. The highest BCUT2D eigenvalue weighted by Gasteiger charge is 2.07. The van der Waals surface area contributed by atoms with Crippen molar-refractivity contribution in [2.45, 2.75) is 20.3 Å². The molecule has 2 aromatic rings. The van der Waals surface area contributed by atoms with Gasteiger partial charge in [0.25, 0.3) is 0 Å². The summed E-state index contributed by atoms with van der Waals surface area (Å²) in [5, 5.41) is 3.07. The maximum atomic E-state index is 13.8. The predicted octanol–water partition coefficient (Wildman–Crippen LogP) is 4.25. The van der Waals surface area contributed by atoms with E-state index in [0.29, 0.717) is 23.7 Å². The van der Waals surface area contributed by atoms with Gasteiger partial charge < -0.3 is 15.8 Å². The first-order chi connectivity index (χ1) is 9.61. The van der Waals surface area contributed by atoms with Gasteiger partial charge in [-0.1, -0.05) is 19.1 Å². The molecule has 4 heteroatoms. The lowest BCUT2D eigenvalue weighted by molar-refractivity contribution is 0.319. The average Bonchev–Trinajstić information content (AvgIpc) is 2.43. The molecule has 106 valence electrons. The molecule has 2 aromatic carbocycles. The molecule has 0 saturated carbocycles. The van der Waals surface area contributed by atoms with Crippen molar-refractivity contribution >= 4 is 17.1 Å². The van der Waals surface area contributed by atoms with Crippen LogP contribution in [0.3, 0.4) is 0 Å². The van der Waals surface area contributed by atoms with Gasteiger partial charge in [-0.15, -0.1) is 0 Å². The number of anilines is 3. The number of ether oxygens (including phenoxy) is 1. The summed E-state index contributed by atoms with van der Waals surface area (Å²) >= 11 is 0. The average molecular weight is 274 g/mol. The summed E-state index contributed by atoms with van der Waals surface area (Å²) in [6.45, 7) is 4.49. The van der Waals surface area contributed by atoms with Crippen LogP contribution in [0.2, 0.25) is 0 Å². The van der Waals surface area contributed by atoms with Crippen molar-refractivity contribution in [2.24, 2.45) is 0 Å². The zero-order valence-electron chi connectivity index (χ0n) is 11.7. The van der Waals surface area contributed by atoms with E-state index in [2.05, 4.69) is 5.32 Å². The molecule has 2 rings (SSSR count). The van der Waals surface area contributed by atoms with Crippen LogP contribution in [0.4, 0.5) is 21.5 Å². The first-order valence-corrected chi connectivity index (χ1v) is 6.66. The van der Waals surface area contributed by atoms with Gasteiger partial charge in [-0.25, -0.2) is 4.39 Å². The summed E-state index contributed by atoms with van der Waals surface area (Å²) in [7, 11) is 0. The van der Waals surface area contributed by atoms with Crippen LogP contribution in [0.5, 0.6) is 5.75 Å². The first-order valence-electron chi connectivity index (χ1n) is 6.66. The topological polar surface area (TPSA) is 47.3 Å². The molecule has 0 aliphatic heterocycles. The van der Waals surface area contributed by atoms with Gasteiger partial charge in [0.2, 0.25) is 0 Å². The Bertz CT molecular complexity index is 579. The first kappa shape index (κ1) is 14.2. The van der Waals surface area contributed by atoms with Crippen LogP contribution < -0.4 is 15.8 Å². The molecule has 0 aliphatic carbocycles. The number of aryl methyl sites for hydroxylation is 1. The third-order valence-electron chi connectivity index (χ3n) is 2.97. The zero-order valence-corrected chi connectivity index (χ0v) is 11.7. The third kappa shape index (κ3) is 3.20. The second-order valence-electron chi connectivity index (χ2n) is 4.66. The quantitative estimate of drug-likeness (QED) is 0.801. The molecular weight excluding hydrogens is 255 g/mol. The lowest BCUT2D eigenvalue weighted by Gasteiger charge is -2.13. The standard InChI is InChI=1S/C16H19FN2O/c1-3-9-20-15-10-12(7-8-14(15)18)19-16-11(2)5-4-6-13(16)17/h4-8,10,19H,3,9,18H2,1-2H3. The molecular formula is C16H19FN2O. The second-order valence-corrected chi connectivity index (χ2v) is 4.66. The maximum absolute atomic E-state index is 13.8.